The van der Waals surface area contributed by atoms with E-state index in [1.807, 2.05) is 27.7 Å². The summed E-state index contributed by atoms with van der Waals surface area (Å²) < 4.78 is 0. The largest absolute Gasteiger partial charge is 0.504 e. The fraction of sp³-hybridized carbons (Fsp3) is 0.667. The Morgan fingerprint density at radius 2 is 1.75 bits per heavy atom. The summed E-state index contributed by atoms with van der Waals surface area (Å²) in [4.78, 5) is 0. The molecule has 1 rings (SSSR count). The quantitative estimate of drug-likeness (QED) is 0.712. The van der Waals surface area contributed by atoms with Gasteiger partial charge in [-0.1, -0.05) is 27.7 Å². The minimum absolute atomic E-state index is 0.272. The van der Waals surface area contributed by atoms with Crippen LogP contribution in [-0.4, -0.2) is 15.3 Å². The van der Waals surface area contributed by atoms with E-state index in [1.54, 1.807) is 0 Å². The summed E-state index contributed by atoms with van der Waals surface area (Å²) in [6.45, 7) is 8.08. The third kappa shape index (κ3) is 1.44. The van der Waals surface area contributed by atoms with Crippen molar-refractivity contribution in [3.63, 3.8) is 0 Å². The van der Waals surface area contributed by atoms with Crippen LogP contribution in [0.5, 0.6) is 5.75 Å². The van der Waals surface area contributed by atoms with Gasteiger partial charge in [0, 0.05) is 5.92 Å². The van der Waals surface area contributed by atoms with Crippen LogP contribution < -0.4 is 0 Å². The smallest absolute Gasteiger partial charge is 0.160 e. The second-order valence-corrected chi connectivity index (χ2v) is 3.68. The van der Waals surface area contributed by atoms with E-state index < -0.39 is 0 Å². The SMILES string of the molecule is CC(C)c1n[nH]c(C(C)C)c1O. The first-order valence-corrected chi connectivity index (χ1v) is 4.31. The zero-order chi connectivity index (χ0) is 9.30. The summed E-state index contributed by atoms with van der Waals surface area (Å²) in [6, 6.07) is 0. The normalized spacial score (nSPS) is 11.5. The number of hydrogen-bond donors (Lipinski definition) is 2. The van der Waals surface area contributed by atoms with Crippen LogP contribution >= 0.6 is 0 Å². The third-order valence-corrected chi connectivity index (χ3v) is 1.92. The molecule has 0 saturated carbocycles. The summed E-state index contributed by atoms with van der Waals surface area (Å²) in [5.74, 6) is 0.902. The summed E-state index contributed by atoms with van der Waals surface area (Å²) in [5, 5.41) is 16.6. The predicted octanol–water partition coefficient (Wildman–Crippen LogP) is 2.36. The molecule has 0 aliphatic rings. The average Bonchev–Trinajstić information content (AvgIpc) is 2.30. The molecule has 0 spiro atoms. The van der Waals surface area contributed by atoms with Crippen molar-refractivity contribution in [1.29, 1.82) is 0 Å². The summed E-state index contributed by atoms with van der Waals surface area (Å²) in [6.07, 6.45) is 0. The van der Waals surface area contributed by atoms with Crippen molar-refractivity contribution in [1.82, 2.24) is 10.2 Å². The molecule has 0 radical (unpaired) electrons. The number of aromatic nitrogens is 2. The topological polar surface area (TPSA) is 48.9 Å². The molecule has 3 heteroatoms. The van der Waals surface area contributed by atoms with Crippen LogP contribution in [0.1, 0.15) is 50.9 Å². The van der Waals surface area contributed by atoms with Crippen molar-refractivity contribution >= 4 is 0 Å². The second-order valence-electron chi connectivity index (χ2n) is 3.68. The first-order valence-electron chi connectivity index (χ1n) is 4.31. The molecule has 0 amide bonds. The molecule has 1 aromatic heterocycles. The molecule has 0 saturated heterocycles. The lowest BCUT2D eigenvalue weighted by atomic mass is 10.1. The van der Waals surface area contributed by atoms with Gasteiger partial charge in [-0.15, -0.1) is 0 Å². The highest BCUT2D eigenvalue weighted by Gasteiger charge is 2.16. The van der Waals surface area contributed by atoms with Gasteiger partial charge >= 0.3 is 0 Å². The molecule has 0 aliphatic heterocycles. The Bertz CT molecular complexity index is 238. The number of H-pyrrole nitrogens is 1. The summed E-state index contributed by atoms with van der Waals surface area (Å²) >= 11 is 0. The Kier molecular flexibility index (Phi) is 2.40. The highest BCUT2D eigenvalue weighted by atomic mass is 16.3. The first-order chi connectivity index (χ1) is 5.54. The summed E-state index contributed by atoms with van der Waals surface area (Å²) in [5.41, 5.74) is 1.59. The van der Waals surface area contributed by atoms with Gasteiger partial charge in [0.1, 0.15) is 5.69 Å². The lowest BCUT2D eigenvalue weighted by Crippen LogP contribution is -1.88. The average molecular weight is 168 g/mol. The van der Waals surface area contributed by atoms with Crippen LogP contribution in [0.2, 0.25) is 0 Å². The van der Waals surface area contributed by atoms with E-state index in [1.165, 1.54) is 0 Å². The highest BCUT2D eigenvalue weighted by Crippen LogP contribution is 2.30. The van der Waals surface area contributed by atoms with E-state index >= 15 is 0 Å². The Morgan fingerprint density at radius 1 is 1.17 bits per heavy atom. The van der Waals surface area contributed by atoms with Crippen molar-refractivity contribution in [3.05, 3.63) is 11.4 Å². The molecule has 12 heavy (non-hydrogen) atoms. The molecule has 0 unspecified atom stereocenters. The van der Waals surface area contributed by atoms with Gasteiger partial charge in [-0.05, 0) is 5.92 Å². The molecular formula is C9H16N2O. The van der Waals surface area contributed by atoms with Crippen molar-refractivity contribution in [3.8, 4) is 5.75 Å². The molecule has 0 atom stereocenters. The number of aromatic amines is 1. The molecule has 1 heterocycles. The Morgan fingerprint density at radius 3 is 2.00 bits per heavy atom. The maximum Gasteiger partial charge on any atom is 0.160 e. The van der Waals surface area contributed by atoms with E-state index in [4.69, 9.17) is 0 Å². The van der Waals surface area contributed by atoms with Crippen molar-refractivity contribution in [2.45, 2.75) is 39.5 Å². The van der Waals surface area contributed by atoms with Gasteiger partial charge in [0.15, 0.2) is 5.75 Å². The van der Waals surface area contributed by atoms with Crippen molar-refractivity contribution < 1.29 is 5.11 Å². The van der Waals surface area contributed by atoms with Gasteiger partial charge in [-0.25, -0.2) is 0 Å². The van der Waals surface area contributed by atoms with Crippen LogP contribution in [0.3, 0.4) is 0 Å². The fourth-order valence-electron chi connectivity index (χ4n) is 1.17. The van der Waals surface area contributed by atoms with Crippen LogP contribution in [-0.2, 0) is 0 Å². The summed E-state index contributed by atoms with van der Waals surface area (Å²) in [7, 11) is 0. The van der Waals surface area contributed by atoms with E-state index in [0.29, 0.717) is 11.7 Å². The molecule has 0 bridgehead atoms. The van der Waals surface area contributed by atoms with Crippen molar-refractivity contribution in [2.75, 3.05) is 0 Å². The molecule has 2 N–H and O–H groups in total. The predicted molar refractivity (Wildman–Crippen MR) is 48.4 cm³/mol. The Hall–Kier alpha value is -0.990. The standard InChI is InChI=1S/C9H16N2O/c1-5(2)7-9(12)8(6(3)4)11-10-7/h5-6,12H,1-4H3,(H,10,11). The van der Waals surface area contributed by atoms with Gasteiger partial charge in [-0.3, -0.25) is 5.10 Å². The third-order valence-electron chi connectivity index (χ3n) is 1.92. The van der Waals surface area contributed by atoms with Crippen LogP contribution in [0.15, 0.2) is 0 Å². The molecule has 3 nitrogen and oxygen atoms in total. The zero-order valence-corrected chi connectivity index (χ0v) is 8.05. The zero-order valence-electron chi connectivity index (χ0n) is 8.05. The second kappa shape index (κ2) is 3.17. The Balaban J connectivity index is 3.04. The number of hydrogen-bond acceptors (Lipinski definition) is 2. The number of nitrogens with zero attached hydrogens (tertiary/aromatic N) is 1. The molecule has 0 fully saturated rings. The minimum Gasteiger partial charge on any atom is -0.504 e. The van der Waals surface area contributed by atoms with Gasteiger partial charge in [-0.2, -0.15) is 5.10 Å². The van der Waals surface area contributed by atoms with E-state index in [2.05, 4.69) is 10.2 Å². The van der Waals surface area contributed by atoms with E-state index in [0.717, 1.165) is 11.4 Å². The minimum atomic E-state index is 0.272. The van der Waals surface area contributed by atoms with Crippen LogP contribution in [0.25, 0.3) is 0 Å². The first kappa shape index (κ1) is 9.10. The number of rotatable bonds is 2. The Labute approximate surface area is 72.8 Å². The van der Waals surface area contributed by atoms with E-state index in [-0.39, 0.29) is 5.92 Å². The molecule has 0 aromatic carbocycles. The maximum absolute atomic E-state index is 9.68. The lowest BCUT2D eigenvalue weighted by molar-refractivity contribution is 0.455. The monoisotopic (exact) mass is 168 g/mol. The number of nitrogens with one attached hydrogen (secondary N) is 1. The van der Waals surface area contributed by atoms with Gasteiger partial charge in [0.2, 0.25) is 0 Å². The highest BCUT2D eigenvalue weighted by molar-refractivity contribution is 5.34. The molecule has 68 valence electrons. The number of aromatic hydroxyl groups is 1. The lowest BCUT2D eigenvalue weighted by Gasteiger charge is -2.02. The van der Waals surface area contributed by atoms with Crippen molar-refractivity contribution in [2.24, 2.45) is 0 Å². The van der Waals surface area contributed by atoms with Gasteiger partial charge in [0.05, 0.1) is 5.69 Å². The van der Waals surface area contributed by atoms with E-state index in [9.17, 15) is 5.11 Å². The van der Waals surface area contributed by atoms with Gasteiger partial charge < -0.3 is 5.11 Å². The molecular weight excluding hydrogens is 152 g/mol. The van der Waals surface area contributed by atoms with Crippen LogP contribution in [0, 0.1) is 0 Å². The molecule has 1 aromatic rings. The maximum atomic E-state index is 9.68. The fourth-order valence-corrected chi connectivity index (χ4v) is 1.17. The molecule has 0 aliphatic carbocycles. The van der Waals surface area contributed by atoms with Crippen LogP contribution in [0.4, 0.5) is 0 Å². The van der Waals surface area contributed by atoms with Gasteiger partial charge in [0.25, 0.3) is 0 Å².